The summed E-state index contributed by atoms with van der Waals surface area (Å²) in [6, 6.07) is 2.35. The lowest BCUT2D eigenvalue weighted by Crippen LogP contribution is -2.54. The normalized spacial score (nSPS) is 21.8. The Labute approximate surface area is 143 Å². The Morgan fingerprint density at radius 2 is 2.08 bits per heavy atom. The van der Waals surface area contributed by atoms with E-state index in [1.165, 1.54) is 0 Å². The van der Waals surface area contributed by atoms with Crippen LogP contribution >= 0.6 is 11.6 Å². The predicted octanol–water partition coefficient (Wildman–Crippen LogP) is 1.72. The molecule has 2 heterocycles. The summed E-state index contributed by atoms with van der Waals surface area (Å²) in [6.45, 7) is 3.97. The average Bonchev–Trinajstić information content (AvgIpc) is 2.97. The van der Waals surface area contributed by atoms with Crippen molar-refractivity contribution in [3.05, 3.63) is 17.7 Å². The summed E-state index contributed by atoms with van der Waals surface area (Å²) in [4.78, 5) is 12.1. The molecule has 0 saturated heterocycles. The molecule has 1 aliphatic heterocycles. The van der Waals surface area contributed by atoms with Crippen LogP contribution in [0.5, 0.6) is 5.75 Å². The van der Waals surface area contributed by atoms with Crippen molar-refractivity contribution in [2.24, 2.45) is 0 Å². The number of nitrogens with one attached hydrogen (secondary N) is 2. The molecule has 0 spiro atoms. The van der Waals surface area contributed by atoms with Crippen molar-refractivity contribution in [1.82, 2.24) is 20.9 Å². The van der Waals surface area contributed by atoms with Crippen LogP contribution in [-0.4, -0.2) is 45.6 Å². The van der Waals surface area contributed by atoms with Crippen molar-refractivity contribution in [2.75, 3.05) is 12.4 Å². The van der Waals surface area contributed by atoms with Crippen molar-refractivity contribution >= 4 is 28.7 Å². The topological polar surface area (TPSA) is 110 Å². The highest BCUT2D eigenvalue weighted by atomic mass is 35.5. The van der Waals surface area contributed by atoms with E-state index in [0.717, 1.165) is 0 Å². The molecule has 0 radical (unpaired) electrons. The fourth-order valence-electron chi connectivity index (χ4n) is 2.69. The van der Waals surface area contributed by atoms with Crippen LogP contribution in [-0.2, 0) is 0 Å². The number of benzene rings is 1. The molecule has 0 bridgehead atoms. The third kappa shape index (κ3) is 3.11. The van der Waals surface area contributed by atoms with Gasteiger partial charge in [0.05, 0.1) is 6.04 Å². The van der Waals surface area contributed by atoms with Gasteiger partial charge in [0, 0.05) is 24.1 Å². The van der Waals surface area contributed by atoms with E-state index < -0.39 is 17.7 Å². The van der Waals surface area contributed by atoms with Crippen molar-refractivity contribution in [2.45, 2.75) is 38.0 Å². The molecule has 1 aromatic heterocycles. The molecule has 9 heteroatoms. The molecule has 130 valence electrons. The minimum absolute atomic E-state index is 0.383. The van der Waals surface area contributed by atoms with Crippen molar-refractivity contribution in [1.29, 1.82) is 0 Å². The number of ether oxygens (including phenoxy) is 1. The zero-order valence-electron chi connectivity index (χ0n) is 13.4. The molecule has 0 saturated carbocycles. The van der Waals surface area contributed by atoms with Gasteiger partial charge in [-0.05, 0) is 36.6 Å². The number of urea groups is 1. The van der Waals surface area contributed by atoms with E-state index in [1.54, 1.807) is 26.0 Å². The van der Waals surface area contributed by atoms with Crippen LogP contribution in [0.1, 0.15) is 31.9 Å². The Kier molecular flexibility index (Phi) is 4.51. The average molecular weight is 355 g/mol. The van der Waals surface area contributed by atoms with Crippen LogP contribution in [0.25, 0.3) is 11.0 Å². The number of rotatable bonds is 4. The van der Waals surface area contributed by atoms with Gasteiger partial charge in [0.1, 0.15) is 28.5 Å². The quantitative estimate of drug-likeness (QED) is 0.569. The van der Waals surface area contributed by atoms with Gasteiger partial charge in [-0.2, -0.15) is 0 Å². The van der Waals surface area contributed by atoms with E-state index in [4.69, 9.17) is 21.0 Å². The Morgan fingerprint density at radius 1 is 1.38 bits per heavy atom. The summed E-state index contributed by atoms with van der Waals surface area (Å²) >= 11 is 5.60. The molecule has 8 nitrogen and oxygen atoms in total. The lowest BCUT2D eigenvalue weighted by Gasteiger charge is -2.42. The second-order valence-corrected chi connectivity index (χ2v) is 6.59. The number of halogens is 1. The summed E-state index contributed by atoms with van der Waals surface area (Å²) in [5.74, 6) is 0.993. The molecule has 3 rings (SSSR count). The van der Waals surface area contributed by atoms with Crippen LogP contribution in [0.2, 0.25) is 0 Å². The first-order valence-electron chi connectivity index (χ1n) is 7.66. The van der Waals surface area contributed by atoms with Crippen LogP contribution < -0.4 is 15.4 Å². The number of carbonyl (C=O) groups excluding carboxylic acids is 1. The van der Waals surface area contributed by atoms with Crippen molar-refractivity contribution in [3.8, 4) is 5.75 Å². The molecule has 2 unspecified atom stereocenters. The van der Waals surface area contributed by atoms with Gasteiger partial charge in [0.2, 0.25) is 0 Å². The third-order valence-corrected chi connectivity index (χ3v) is 4.27. The number of aromatic nitrogens is 2. The second-order valence-electron chi connectivity index (χ2n) is 6.21. The lowest BCUT2D eigenvalue weighted by molar-refractivity contribution is -0.0619. The number of alkyl halides is 1. The first-order chi connectivity index (χ1) is 11.4. The maximum Gasteiger partial charge on any atom is 0.315 e. The van der Waals surface area contributed by atoms with Gasteiger partial charge in [0.25, 0.3) is 0 Å². The van der Waals surface area contributed by atoms with E-state index in [9.17, 15) is 9.90 Å². The van der Waals surface area contributed by atoms with Gasteiger partial charge in [-0.1, -0.05) is 0 Å². The molecule has 1 aliphatic rings. The molecule has 1 aromatic carbocycles. The van der Waals surface area contributed by atoms with Gasteiger partial charge in [0.15, 0.2) is 0 Å². The molecular formula is C15H19ClN4O4. The number of hydrogen-bond donors (Lipinski definition) is 3. The Balaban J connectivity index is 1.90. The Morgan fingerprint density at radius 3 is 2.79 bits per heavy atom. The maximum atomic E-state index is 12.1. The first kappa shape index (κ1) is 16.8. The summed E-state index contributed by atoms with van der Waals surface area (Å²) in [5, 5.41) is 23.7. The highest BCUT2D eigenvalue weighted by Crippen LogP contribution is 2.41. The second kappa shape index (κ2) is 6.45. The fraction of sp³-hybridized carbons (Fsp3) is 0.533. The number of amides is 2. The van der Waals surface area contributed by atoms with Crippen LogP contribution in [0.4, 0.5) is 4.79 Å². The smallest absolute Gasteiger partial charge is 0.315 e. The molecule has 2 amide bonds. The summed E-state index contributed by atoms with van der Waals surface area (Å²) in [7, 11) is 0. The number of carbonyl (C=O) groups is 1. The summed E-state index contributed by atoms with van der Waals surface area (Å²) in [5.41, 5.74) is 0.814. The molecule has 0 aliphatic carbocycles. The molecule has 0 fully saturated rings. The van der Waals surface area contributed by atoms with Gasteiger partial charge in [-0.25, -0.2) is 9.42 Å². The SMILES string of the molecule is CC1(C)Oc2cc3nonc3cc2C(NC(=O)NCCCCl)C1O. The largest absolute Gasteiger partial charge is 0.485 e. The Bertz CT molecular complexity index is 748. The first-order valence-corrected chi connectivity index (χ1v) is 8.19. The van der Waals surface area contributed by atoms with E-state index in [1.807, 2.05) is 0 Å². The van der Waals surface area contributed by atoms with Crippen molar-refractivity contribution < 1.29 is 19.3 Å². The zero-order valence-corrected chi connectivity index (χ0v) is 14.1. The molecular weight excluding hydrogens is 336 g/mol. The van der Waals surface area contributed by atoms with Gasteiger partial charge in [-0.15, -0.1) is 11.6 Å². The fourth-order valence-corrected chi connectivity index (χ4v) is 2.83. The summed E-state index contributed by atoms with van der Waals surface area (Å²) in [6.07, 6.45) is -0.278. The number of fused-ring (bicyclic) bond motifs is 2. The Hall–Kier alpha value is -2.06. The van der Waals surface area contributed by atoms with E-state index in [-0.39, 0.29) is 6.03 Å². The zero-order chi connectivity index (χ0) is 17.3. The highest BCUT2D eigenvalue weighted by Gasteiger charge is 2.44. The monoisotopic (exact) mass is 354 g/mol. The van der Waals surface area contributed by atoms with E-state index in [2.05, 4.69) is 20.9 Å². The van der Waals surface area contributed by atoms with Gasteiger partial charge < -0.3 is 20.5 Å². The standard InChI is InChI=1S/C15H19ClN4O4/c1-15(2)13(21)12(18-14(22)17-5-3-4-16)8-6-9-10(20-24-19-9)7-11(8)23-15/h6-7,12-13,21H,3-5H2,1-2H3,(H2,17,18,22). The predicted molar refractivity (Wildman–Crippen MR) is 87.1 cm³/mol. The summed E-state index contributed by atoms with van der Waals surface area (Å²) < 4.78 is 10.6. The number of nitrogens with zero attached hydrogens (tertiary/aromatic N) is 2. The molecule has 24 heavy (non-hydrogen) atoms. The number of aliphatic hydroxyl groups is 1. The maximum absolute atomic E-state index is 12.1. The van der Waals surface area contributed by atoms with E-state index >= 15 is 0 Å². The minimum atomic E-state index is -0.943. The van der Waals surface area contributed by atoms with E-state index in [0.29, 0.717) is 41.2 Å². The number of hydrogen-bond acceptors (Lipinski definition) is 6. The van der Waals surface area contributed by atoms with Gasteiger partial charge in [-0.3, -0.25) is 0 Å². The molecule has 3 N–H and O–H groups in total. The minimum Gasteiger partial charge on any atom is -0.485 e. The lowest BCUT2D eigenvalue weighted by atomic mass is 9.86. The van der Waals surface area contributed by atoms with Crippen molar-refractivity contribution in [3.63, 3.8) is 0 Å². The van der Waals surface area contributed by atoms with Crippen LogP contribution in [0.3, 0.4) is 0 Å². The third-order valence-electron chi connectivity index (χ3n) is 4.00. The van der Waals surface area contributed by atoms with Crippen LogP contribution in [0, 0.1) is 0 Å². The molecule has 2 aromatic rings. The van der Waals surface area contributed by atoms with Crippen LogP contribution in [0.15, 0.2) is 16.8 Å². The molecule has 2 atom stereocenters. The van der Waals surface area contributed by atoms with Gasteiger partial charge >= 0.3 is 6.03 Å². The highest BCUT2D eigenvalue weighted by molar-refractivity contribution is 6.17. The number of aliphatic hydroxyl groups excluding tert-OH is 1.